The number of thiophene rings is 1. The fraction of sp³-hybridized carbons (Fsp3) is 0.308. The van der Waals surface area contributed by atoms with Gasteiger partial charge in [0, 0.05) is 17.0 Å². The SMILES string of the molecule is CCN(Cc1nc2sc(C)c(-c3ccc(C)cc3)c2c(=O)[nH]1)CC(O)c1ccc(C)cc1. The number of benzene rings is 2. The molecule has 0 aliphatic carbocycles. The second-order valence-corrected chi connectivity index (χ2v) is 9.55. The smallest absolute Gasteiger partial charge is 0.260 e. The molecular weight excluding hydrogens is 418 g/mol. The number of aliphatic hydroxyl groups excluding tert-OH is 1. The fourth-order valence-corrected chi connectivity index (χ4v) is 5.03. The van der Waals surface area contributed by atoms with Crippen molar-refractivity contribution in [1.29, 1.82) is 0 Å². The number of rotatable bonds is 7. The molecule has 0 radical (unpaired) electrons. The van der Waals surface area contributed by atoms with Crippen LogP contribution in [0.3, 0.4) is 0 Å². The van der Waals surface area contributed by atoms with Crippen LogP contribution in [0.15, 0.2) is 53.3 Å². The molecule has 0 aliphatic rings. The number of fused-ring (bicyclic) bond motifs is 1. The Morgan fingerprint density at radius 2 is 1.66 bits per heavy atom. The van der Waals surface area contributed by atoms with E-state index in [0.717, 1.165) is 32.9 Å². The van der Waals surface area contributed by atoms with Crippen LogP contribution in [0.25, 0.3) is 21.3 Å². The van der Waals surface area contributed by atoms with Crippen LogP contribution in [0, 0.1) is 20.8 Å². The number of nitrogens with one attached hydrogen (secondary N) is 1. The summed E-state index contributed by atoms with van der Waals surface area (Å²) in [7, 11) is 0. The van der Waals surface area contributed by atoms with Crippen LogP contribution in [0.4, 0.5) is 0 Å². The van der Waals surface area contributed by atoms with E-state index in [2.05, 4.69) is 41.1 Å². The maximum absolute atomic E-state index is 13.1. The number of hydrogen-bond donors (Lipinski definition) is 2. The molecule has 32 heavy (non-hydrogen) atoms. The molecule has 2 N–H and O–H groups in total. The predicted octanol–water partition coefficient (Wildman–Crippen LogP) is 5.13. The summed E-state index contributed by atoms with van der Waals surface area (Å²) in [6.45, 7) is 9.85. The van der Waals surface area contributed by atoms with Crippen LogP contribution in [0.2, 0.25) is 0 Å². The van der Waals surface area contributed by atoms with E-state index in [1.165, 1.54) is 11.1 Å². The zero-order chi connectivity index (χ0) is 22.8. The first-order chi connectivity index (χ1) is 15.4. The number of aromatic nitrogens is 2. The molecule has 166 valence electrons. The van der Waals surface area contributed by atoms with Gasteiger partial charge < -0.3 is 10.1 Å². The zero-order valence-corrected chi connectivity index (χ0v) is 19.8. The quantitative estimate of drug-likeness (QED) is 0.412. The van der Waals surface area contributed by atoms with E-state index in [-0.39, 0.29) is 5.56 Å². The molecule has 0 fully saturated rings. The monoisotopic (exact) mass is 447 g/mol. The van der Waals surface area contributed by atoms with Crippen LogP contribution < -0.4 is 5.56 Å². The Morgan fingerprint density at radius 3 is 2.28 bits per heavy atom. The van der Waals surface area contributed by atoms with Crippen molar-refractivity contribution in [2.75, 3.05) is 13.1 Å². The molecule has 2 heterocycles. The number of aliphatic hydroxyl groups is 1. The largest absolute Gasteiger partial charge is 0.387 e. The molecule has 0 saturated heterocycles. The van der Waals surface area contributed by atoms with Crippen molar-refractivity contribution in [2.24, 2.45) is 0 Å². The van der Waals surface area contributed by atoms with Crippen LogP contribution in [-0.2, 0) is 6.54 Å². The van der Waals surface area contributed by atoms with E-state index in [1.54, 1.807) is 11.3 Å². The number of aromatic amines is 1. The van der Waals surface area contributed by atoms with Gasteiger partial charge in [0.1, 0.15) is 10.7 Å². The van der Waals surface area contributed by atoms with Crippen molar-refractivity contribution >= 4 is 21.6 Å². The highest BCUT2D eigenvalue weighted by atomic mass is 32.1. The average Bonchev–Trinajstić information content (AvgIpc) is 3.10. The van der Waals surface area contributed by atoms with E-state index in [0.29, 0.717) is 24.3 Å². The van der Waals surface area contributed by atoms with Gasteiger partial charge in [-0.25, -0.2) is 4.98 Å². The lowest BCUT2D eigenvalue weighted by Crippen LogP contribution is -2.30. The maximum atomic E-state index is 13.1. The van der Waals surface area contributed by atoms with Crippen molar-refractivity contribution < 1.29 is 5.11 Å². The number of aryl methyl sites for hydroxylation is 3. The summed E-state index contributed by atoms with van der Waals surface area (Å²) in [6.07, 6.45) is -0.594. The highest BCUT2D eigenvalue weighted by Crippen LogP contribution is 2.35. The van der Waals surface area contributed by atoms with Gasteiger partial charge in [0.15, 0.2) is 0 Å². The highest BCUT2D eigenvalue weighted by Gasteiger charge is 2.18. The van der Waals surface area contributed by atoms with Crippen molar-refractivity contribution in [3.05, 3.63) is 86.3 Å². The Morgan fingerprint density at radius 1 is 1.03 bits per heavy atom. The number of nitrogens with zero attached hydrogens (tertiary/aromatic N) is 2. The third-order valence-corrected chi connectivity index (χ3v) is 6.84. The van der Waals surface area contributed by atoms with E-state index in [1.807, 2.05) is 45.0 Å². The molecule has 4 rings (SSSR count). The first-order valence-corrected chi connectivity index (χ1v) is 11.7. The number of hydrogen-bond acceptors (Lipinski definition) is 5. The second-order valence-electron chi connectivity index (χ2n) is 8.35. The predicted molar refractivity (Wildman–Crippen MR) is 132 cm³/mol. The van der Waals surface area contributed by atoms with Gasteiger partial charge in [0.25, 0.3) is 5.56 Å². The van der Waals surface area contributed by atoms with Crippen molar-refractivity contribution in [2.45, 2.75) is 40.3 Å². The first-order valence-electron chi connectivity index (χ1n) is 10.9. The lowest BCUT2D eigenvalue weighted by molar-refractivity contribution is 0.111. The Kier molecular flexibility index (Phi) is 6.55. The molecule has 6 heteroatoms. The van der Waals surface area contributed by atoms with Crippen LogP contribution in [0.1, 0.15) is 40.4 Å². The summed E-state index contributed by atoms with van der Waals surface area (Å²) in [5, 5.41) is 11.3. The van der Waals surface area contributed by atoms with Crippen molar-refractivity contribution in [3.8, 4) is 11.1 Å². The summed E-state index contributed by atoms with van der Waals surface area (Å²) in [5.74, 6) is 0.622. The van der Waals surface area contributed by atoms with E-state index in [9.17, 15) is 9.90 Å². The van der Waals surface area contributed by atoms with E-state index < -0.39 is 6.10 Å². The topological polar surface area (TPSA) is 69.2 Å². The molecule has 1 atom stereocenters. The molecule has 4 aromatic rings. The highest BCUT2D eigenvalue weighted by molar-refractivity contribution is 7.19. The summed E-state index contributed by atoms with van der Waals surface area (Å²) >= 11 is 1.55. The van der Waals surface area contributed by atoms with Crippen LogP contribution in [-0.4, -0.2) is 33.1 Å². The van der Waals surface area contributed by atoms with Gasteiger partial charge in [-0.05, 0) is 38.4 Å². The molecule has 0 spiro atoms. The molecule has 0 aliphatic heterocycles. The number of likely N-dealkylation sites (N-methyl/N-ethyl adjacent to an activating group) is 1. The van der Waals surface area contributed by atoms with Crippen molar-refractivity contribution in [3.63, 3.8) is 0 Å². The van der Waals surface area contributed by atoms with Gasteiger partial charge in [-0.15, -0.1) is 11.3 Å². The third kappa shape index (κ3) is 4.67. The Balaban J connectivity index is 1.60. The fourth-order valence-electron chi connectivity index (χ4n) is 3.96. The molecule has 0 saturated carbocycles. The summed E-state index contributed by atoms with van der Waals surface area (Å²) in [6, 6.07) is 16.2. The molecule has 0 bridgehead atoms. The summed E-state index contributed by atoms with van der Waals surface area (Å²) < 4.78 is 0. The number of H-pyrrole nitrogens is 1. The summed E-state index contributed by atoms with van der Waals surface area (Å²) in [5.41, 5.74) is 5.14. The summed E-state index contributed by atoms with van der Waals surface area (Å²) in [4.78, 5) is 24.8. The molecule has 0 amide bonds. The second kappa shape index (κ2) is 9.36. The van der Waals surface area contributed by atoms with Crippen LogP contribution in [0.5, 0.6) is 0 Å². The zero-order valence-electron chi connectivity index (χ0n) is 19.0. The molecule has 5 nitrogen and oxygen atoms in total. The van der Waals surface area contributed by atoms with E-state index in [4.69, 9.17) is 4.98 Å². The lowest BCUT2D eigenvalue weighted by atomic mass is 10.0. The van der Waals surface area contributed by atoms with Gasteiger partial charge in [-0.2, -0.15) is 0 Å². The molecule has 2 aromatic carbocycles. The van der Waals surface area contributed by atoms with Crippen molar-refractivity contribution in [1.82, 2.24) is 14.9 Å². The molecule has 2 aromatic heterocycles. The molecule has 1 unspecified atom stereocenters. The lowest BCUT2D eigenvalue weighted by Gasteiger charge is -2.23. The van der Waals surface area contributed by atoms with Gasteiger partial charge in [-0.3, -0.25) is 9.69 Å². The normalized spacial score (nSPS) is 12.6. The van der Waals surface area contributed by atoms with Gasteiger partial charge in [0.2, 0.25) is 0 Å². The van der Waals surface area contributed by atoms with Crippen LogP contribution >= 0.6 is 11.3 Å². The minimum atomic E-state index is -0.594. The van der Waals surface area contributed by atoms with Gasteiger partial charge >= 0.3 is 0 Å². The van der Waals surface area contributed by atoms with Gasteiger partial charge in [-0.1, -0.05) is 66.6 Å². The minimum absolute atomic E-state index is 0.111. The Hall–Kier alpha value is -2.80. The maximum Gasteiger partial charge on any atom is 0.260 e. The average molecular weight is 448 g/mol. The van der Waals surface area contributed by atoms with E-state index >= 15 is 0 Å². The van der Waals surface area contributed by atoms with Gasteiger partial charge in [0.05, 0.1) is 18.0 Å². The Labute approximate surface area is 192 Å². The standard InChI is InChI=1S/C26H29N3O2S/c1-5-29(14-21(30)19-10-6-16(2)7-11-19)15-22-27-25(31)24-23(18(4)32-26(24)28-22)20-12-8-17(3)9-13-20/h6-13,21,30H,5,14-15H2,1-4H3,(H,27,28,31). The first kappa shape index (κ1) is 22.4. The minimum Gasteiger partial charge on any atom is -0.387 e. The third-order valence-electron chi connectivity index (χ3n) is 5.84. The molecular formula is C26H29N3O2S. The Bertz CT molecular complexity index is 1270.